The molecule has 3 N–H and O–H groups in total. The summed E-state index contributed by atoms with van der Waals surface area (Å²) in [6, 6.07) is 7.72. The fraction of sp³-hybridized carbons (Fsp3) is 0.333. The maximum absolute atomic E-state index is 12.1. The van der Waals surface area contributed by atoms with Gasteiger partial charge in [0.05, 0.1) is 5.69 Å². The number of hydrogen-bond donors (Lipinski definition) is 2. The van der Waals surface area contributed by atoms with E-state index >= 15 is 0 Å². The fourth-order valence-corrected chi connectivity index (χ4v) is 2.24. The predicted molar refractivity (Wildman–Crippen MR) is 79.4 cm³/mol. The highest BCUT2D eigenvalue weighted by Gasteiger charge is 2.12. The van der Waals surface area contributed by atoms with E-state index in [0.29, 0.717) is 6.54 Å². The summed E-state index contributed by atoms with van der Waals surface area (Å²) < 4.78 is 1.70. The molecule has 0 aliphatic carbocycles. The number of nitrogens with one attached hydrogen (secondary N) is 1. The van der Waals surface area contributed by atoms with E-state index < -0.39 is 0 Å². The Morgan fingerprint density at radius 2 is 2.10 bits per heavy atom. The minimum absolute atomic E-state index is 0.0928. The third-order valence-corrected chi connectivity index (χ3v) is 3.33. The second-order valence-electron chi connectivity index (χ2n) is 4.93. The molecule has 0 aliphatic rings. The first kappa shape index (κ1) is 14.3. The van der Waals surface area contributed by atoms with E-state index in [1.807, 2.05) is 45.0 Å². The molecule has 106 valence electrons. The average Bonchev–Trinajstić information content (AvgIpc) is 2.63. The third-order valence-electron chi connectivity index (χ3n) is 3.33. The van der Waals surface area contributed by atoms with Crippen LogP contribution in [0.1, 0.15) is 22.5 Å². The lowest BCUT2D eigenvalue weighted by Gasteiger charge is -2.07. The topological polar surface area (TPSA) is 72.9 Å². The van der Waals surface area contributed by atoms with Crippen LogP contribution in [-0.2, 0) is 17.9 Å². The summed E-state index contributed by atoms with van der Waals surface area (Å²) in [5, 5.41) is 7.23. The molecule has 0 spiro atoms. The zero-order chi connectivity index (χ0) is 14.7. The molecule has 0 bridgehead atoms. The number of carbonyl (C=O) groups excluding carboxylic acids is 1. The van der Waals surface area contributed by atoms with Gasteiger partial charge in [-0.3, -0.25) is 9.48 Å². The summed E-state index contributed by atoms with van der Waals surface area (Å²) in [5.41, 5.74) is 10.4. The van der Waals surface area contributed by atoms with Crippen molar-refractivity contribution in [3.63, 3.8) is 0 Å². The van der Waals surface area contributed by atoms with Gasteiger partial charge in [0.1, 0.15) is 6.54 Å². The molecule has 0 radical (unpaired) electrons. The number of hydrogen-bond acceptors (Lipinski definition) is 3. The Kier molecular flexibility index (Phi) is 4.20. The fourth-order valence-electron chi connectivity index (χ4n) is 2.24. The number of nitrogens with two attached hydrogens (primary N) is 1. The maximum Gasteiger partial charge on any atom is 0.246 e. The number of carbonyl (C=O) groups is 1. The molecule has 20 heavy (non-hydrogen) atoms. The number of anilines is 1. The normalized spacial score (nSPS) is 10.6. The molecule has 1 amide bonds. The van der Waals surface area contributed by atoms with Crippen molar-refractivity contribution in [1.29, 1.82) is 0 Å². The molecular weight excluding hydrogens is 252 g/mol. The Balaban J connectivity index is 2.09. The van der Waals surface area contributed by atoms with E-state index in [2.05, 4.69) is 10.4 Å². The molecule has 1 heterocycles. The van der Waals surface area contributed by atoms with Crippen LogP contribution < -0.4 is 11.1 Å². The van der Waals surface area contributed by atoms with Gasteiger partial charge in [-0.1, -0.05) is 12.1 Å². The quantitative estimate of drug-likeness (QED) is 0.893. The predicted octanol–water partition coefficient (Wildman–Crippen LogP) is 1.91. The standard InChI is InChI=1S/C15H20N4O/c1-10-5-4-6-13(7-10)17-15(20)9-19-12(3)14(8-16)11(2)18-19/h4-7H,8-9,16H2,1-3H3,(H,17,20). The lowest BCUT2D eigenvalue weighted by Crippen LogP contribution is -2.20. The Bertz CT molecular complexity index is 631. The van der Waals surface area contributed by atoms with Crippen LogP contribution in [0.15, 0.2) is 24.3 Å². The lowest BCUT2D eigenvalue weighted by atomic mass is 10.2. The van der Waals surface area contributed by atoms with Crippen molar-refractivity contribution in [1.82, 2.24) is 9.78 Å². The van der Waals surface area contributed by atoms with Crippen LogP contribution in [-0.4, -0.2) is 15.7 Å². The van der Waals surface area contributed by atoms with Crippen LogP contribution in [0.2, 0.25) is 0 Å². The molecule has 5 heteroatoms. The summed E-state index contributed by atoms with van der Waals surface area (Å²) in [6.07, 6.45) is 0. The molecule has 0 unspecified atom stereocenters. The molecule has 0 fully saturated rings. The van der Waals surface area contributed by atoms with Crippen molar-refractivity contribution in [2.45, 2.75) is 33.9 Å². The van der Waals surface area contributed by atoms with Gasteiger partial charge in [0, 0.05) is 23.5 Å². The van der Waals surface area contributed by atoms with Gasteiger partial charge in [0.2, 0.25) is 5.91 Å². The van der Waals surface area contributed by atoms with Gasteiger partial charge in [-0.05, 0) is 38.5 Å². The molecule has 0 atom stereocenters. The highest BCUT2D eigenvalue weighted by molar-refractivity contribution is 5.90. The van der Waals surface area contributed by atoms with Gasteiger partial charge in [-0.25, -0.2) is 0 Å². The largest absolute Gasteiger partial charge is 0.326 e. The molecule has 2 aromatic rings. The summed E-state index contributed by atoms with van der Waals surface area (Å²) >= 11 is 0. The van der Waals surface area contributed by atoms with E-state index in [4.69, 9.17) is 5.73 Å². The monoisotopic (exact) mass is 272 g/mol. The van der Waals surface area contributed by atoms with Crippen molar-refractivity contribution in [2.24, 2.45) is 5.73 Å². The first-order valence-corrected chi connectivity index (χ1v) is 6.60. The highest BCUT2D eigenvalue weighted by Crippen LogP contribution is 2.13. The van der Waals surface area contributed by atoms with Crippen LogP contribution >= 0.6 is 0 Å². The van der Waals surface area contributed by atoms with Crippen molar-refractivity contribution in [3.8, 4) is 0 Å². The Morgan fingerprint density at radius 3 is 2.70 bits per heavy atom. The van der Waals surface area contributed by atoms with Gasteiger partial charge in [-0.15, -0.1) is 0 Å². The minimum Gasteiger partial charge on any atom is -0.326 e. The maximum atomic E-state index is 12.1. The van der Waals surface area contributed by atoms with E-state index in [-0.39, 0.29) is 12.5 Å². The number of nitrogens with zero attached hydrogens (tertiary/aromatic N) is 2. The van der Waals surface area contributed by atoms with Crippen LogP contribution in [0.5, 0.6) is 0 Å². The van der Waals surface area contributed by atoms with Crippen LogP contribution in [0.3, 0.4) is 0 Å². The zero-order valence-corrected chi connectivity index (χ0v) is 12.1. The number of benzene rings is 1. The number of aromatic nitrogens is 2. The first-order chi connectivity index (χ1) is 9.51. The zero-order valence-electron chi connectivity index (χ0n) is 12.1. The van der Waals surface area contributed by atoms with Gasteiger partial charge in [0.15, 0.2) is 0 Å². The van der Waals surface area contributed by atoms with Gasteiger partial charge < -0.3 is 11.1 Å². The van der Waals surface area contributed by atoms with E-state index in [1.54, 1.807) is 4.68 Å². The smallest absolute Gasteiger partial charge is 0.246 e. The second-order valence-corrected chi connectivity index (χ2v) is 4.93. The summed E-state index contributed by atoms with van der Waals surface area (Å²) in [5.74, 6) is -0.0928. The second kappa shape index (κ2) is 5.88. The minimum atomic E-state index is -0.0928. The number of aryl methyl sites for hydroxylation is 2. The summed E-state index contributed by atoms with van der Waals surface area (Å²) in [7, 11) is 0. The van der Waals surface area contributed by atoms with E-state index in [1.165, 1.54) is 0 Å². The van der Waals surface area contributed by atoms with Gasteiger partial charge in [0.25, 0.3) is 0 Å². The SMILES string of the molecule is Cc1cccc(NC(=O)Cn2nc(C)c(CN)c2C)c1. The van der Waals surface area contributed by atoms with Crippen molar-refractivity contribution in [2.75, 3.05) is 5.32 Å². The third kappa shape index (κ3) is 3.05. The van der Waals surface area contributed by atoms with Crippen LogP contribution in [0, 0.1) is 20.8 Å². The molecule has 1 aromatic heterocycles. The molecular formula is C15H20N4O. The Hall–Kier alpha value is -2.14. The number of amides is 1. The number of rotatable bonds is 4. The average molecular weight is 272 g/mol. The van der Waals surface area contributed by atoms with Gasteiger partial charge in [-0.2, -0.15) is 5.10 Å². The summed E-state index contributed by atoms with van der Waals surface area (Å²) in [4.78, 5) is 12.1. The first-order valence-electron chi connectivity index (χ1n) is 6.60. The Morgan fingerprint density at radius 1 is 1.35 bits per heavy atom. The van der Waals surface area contributed by atoms with Crippen LogP contribution in [0.4, 0.5) is 5.69 Å². The molecule has 2 rings (SSSR count). The molecule has 0 saturated heterocycles. The molecule has 5 nitrogen and oxygen atoms in total. The van der Waals surface area contributed by atoms with Crippen molar-refractivity contribution in [3.05, 3.63) is 46.8 Å². The molecule has 1 aromatic carbocycles. The van der Waals surface area contributed by atoms with Crippen molar-refractivity contribution >= 4 is 11.6 Å². The van der Waals surface area contributed by atoms with Crippen molar-refractivity contribution < 1.29 is 4.79 Å². The van der Waals surface area contributed by atoms with Crippen LogP contribution in [0.25, 0.3) is 0 Å². The van der Waals surface area contributed by atoms with E-state index in [0.717, 1.165) is 28.2 Å². The Labute approximate surface area is 118 Å². The molecule has 0 saturated carbocycles. The summed E-state index contributed by atoms with van der Waals surface area (Å²) in [6.45, 7) is 6.47. The molecule has 0 aliphatic heterocycles. The van der Waals surface area contributed by atoms with Gasteiger partial charge >= 0.3 is 0 Å². The highest BCUT2D eigenvalue weighted by atomic mass is 16.2. The van der Waals surface area contributed by atoms with E-state index in [9.17, 15) is 4.79 Å². The lowest BCUT2D eigenvalue weighted by molar-refractivity contribution is -0.116.